The highest BCUT2D eigenvalue weighted by molar-refractivity contribution is 5.19. The first kappa shape index (κ1) is 13.6. The van der Waals surface area contributed by atoms with Crippen LogP contribution in [-0.4, -0.2) is 6.54 Å². The van der Waals surface area contributed by atoms with Crippen molar-refractivity contribution in [2.24, 2.45) is 11.3 Å². The summed E-state index contributed by atoms with van der Waals surface area (Å²) in [6.45, 7) is 8.17. The van der Waals surface area contributed by atoms with Crippen LogP contribution >= 0.6 is 0 Å². The molecule has 1 atom stereocenters. The van der Waals surface area contributed by atoms with Gasteiger partial charge in [0.1, 0.15) is 0 Å². The standard InChI is InChI=1S/C17H27N/c1-17(2,3)12-16(15-10-5-4-6-11-15)18-13-14-8-7-9-14/h4-6,10-11,14,16,18H,7-9,12-13H2,1-3H3. The molecule has 1 unspecified atom stereocenters. The fourth-order valence-electron chi connectivity index (χ4n) is 2.61. The summed E-state index contributed by atoms with van der Waals surface area (Å²) in [5.41, 5.74) is 1.80. The van der Waals surface area contributed by atoms with E-state index in [0.717, 1.165) is 5.92 Å². The van der Waals surface area contributed by atoms with E-state index >= 15 is 0 Å². The van der Waals surface area contributed by atoms with Crippen LogP contribution in [0, 0.1) is 11.3 Å². The summed E-state index contributed by atoms with van der Waals surface area (Å²) in [6.07, 6.45) is 5.47. The lowest BCUT2D eigenvalue weighted by Crippen LogP contribution is -2.32. The summed E-state index contributed by atoms with van der Waals surface area (Å²) < 4.78 is 0. The quantitative estimate of drug-likeness (QED) is 0.802. The van der Waals surface area contributed by atoms with Crippen molar-refractivity contribution in [1.82, 2.24) is 5.32 Å². The average molecular weight is 245 g/mol. The van der Waals surface area contributed by atoms with Crippen LogP contribution in [0.25, 0.3) is 0 Å². The van der Waals surface area contributed by atoms with Crippen molar-refractivity contribution in [2.45, 2.75) is 52.5 Å². The molecule has 0 amide bonds. The Labute approximate surface area is 112 Å². The van der Waals surface area contributed by atoms with Gasteiger partial charge in [-0.05, 0) is 42.7 Å². The van der Waals surface area contributed by atoms with Gasteiger partial charge >= 0.3 is 0 Å². The lowest BCUT2D eigenvalue weighted by atomic mass is 9.83. The Balaban J connectivity index is 1.97. The molecule has 1 heteroatoms. The van der Waals surface area contributed by atoms with E-state index in [1.807, 2.05) is 0 Å². The number of rotatable bonds is 5. The third-order valence-corrected chi connectivity index (χ3v) is 3.90. The summed E-state index contributed by atoms with van der Waals surface area (Å²) in [6, 6.07) is 11.4. The van der Waals surface area contributed by atoms with E-state index in [1.165, 1.54) is 37.8 Å². The second-order valence-corrected chi connectivity index (χ2v) is 6.93. The van der Waals surface area contributed by atoms with Gasteiger partial charge in [0.15, 0.2) is 0 Å². The van der Waals surface area contributed by atoms with E-state index in [0.29, 0.717) is 11.5 Å². The fourth-order valence-corrected chi connectivity index (χ4v) is 2.61. The van der Waals surface area contributed by atoms with Crippen LogP contribution in [0.2, 0.25) is 0 Å². The van der Waals surface area contributed by atoms with E-state index in [4.69, 9.17) is 0 Å². The molecule has 1 aromatic carbocycles. The smallest absolute Gasteiger partial charge is 0.0325 e. The Bertz CT molecular complexity index is 346. The molecule has 1 aromatic rings. The zero-order valence-corrected chi connectivity index (χ0v) is 12.1. The zero-order chi connectivity index (χ0) is 13.0. The van der Waals surface area contributed by atoms with Gasteiger partial charge in [-0.2, -0.15) is 0 Å². The molecule has 100 valence electrons. The van der Waals surface area contributed by atoms with Crippen LogP contribution in [0.4, 0.5) is 0 Å². The second kappa shape index (κ2) is 5.88. The van der Waals surface area contributed by atoms with Crippen LogP contribution < -0.4 is 5.32 Å². The van der Waals surface area contributed by atoms with E-state index in [9.17, 15) is 0 Å². The molecule has 18 heavy (non-hydrogen) atoms. The van der Waals surface area contributed by atoms with Crippen LogP contribution in [0.5, 0.6) is 0 Å². The first-order chi connectivity index (χ1) is 8.54. The topological polar surface area (TPSA) is 12.0 Å². The largest absolute Gasteiger partial charge is 0.310 e. The molecule has 0 radical (unpaired) electrons. The summed E-state index contributed by atoms with van der Waals surface area (Å²) in [5, 5.41) is 3.79. The molecule has 1 fully saturated rings. The van der Waals surface area contributed by atoms with E-state index in [2.05, 4.69) is 56.4 Å². The summed E-state index contributed by atoms with van der Waals surface area (Å²) in [5.74, 6) is 0.927. The highest BCUT2D eigenvalue weighted by Gasteiger charge is 2.23. The van der Waals surface area contributed by atoms with Crippen molar-refractivity contribution in [3.63, 3.8) is 0 Å². The third-order valence-electron chi connectivity index (χ3n) is 3.90. The molecule has 0 bridgehead atoms. The fraction of sp³-hybridized carbons (Fsp3) is 0.647. The van der Waals surface area contributed by atoms with Crippen LogP contribution in [0.1, 0.15) is 58.1 Å². The molecular formula is C17H27N. The maximum Gasteiger partial charge on any atom is 0.0325 e. The Morgan fingerprint density at radius 1 is 1.17 bits per heavy atom. The lowest BCUT2D eigenvalue weighted by Gasteiger charge is -2.31. The minimum Gasteiger partial charge on any atom is -0.310 e. The van der Waals surface area contributed by atoms with Gasteiger partial charge in [-0.15, -0.1) is 0 Å². The first-order valence-corrected chi connectivity index (χ1v) is 7.33. The molecule has 0 aliphatic heterocycles. The van der Waals surface area contributed by atoms with Crippen molar-refractivity contribution >= 4 is 0 Å². The van der Waals surface area contributed by atoms with E-state index < -0.39 is 0 Å². The second-order valence-electron chi connectivity index (χ2n) is 6.93. The van der Waals surface area contributed by atoms with Crippen molar-refractivity contribution in [2.75, 3.05) is 6.54 Å². The molecule has 2 rings (SSSR count). The molecule has 0 spiro atoms. The Hall–Kier alpha value is -0.820. The van der Waals surface area contributed by atoms with Crippen molar-refractivity contribution in [3.05, 3.63) is 35.9 Å². The van der Waals surface area contributed by atoms with Gasteiger partial charge in [-0.1, -0.05) is 57.5 Å². The van der Waals surface area contributed by atoms with Crippen molar-refractivity contribution in [3.8, 4) is 0 Å². The molecule has 0 aromatic heterocycles. The van der Waals surface area contributed by atoms with Gasteiger partial charge < -0.3 is 5.32 Å². The monoisotopic (exact) mass is 245 g/mol. The molecule has 1 N–H and O–H groups in total. The molecule has 1 aliphatic rings. The molecule has 1 nitrogen and oxygen atoms in total. The number of nitrogens with one attached hydrogen (secondary N) is 1. The highest BCUT2D eigenvalue weighted by atomic mass is 14.9. The zero-order valence-electron chi connectivity index (χ0n) is 12.1. The SMILES string of the molecule is CC(C)(C)CC(NCC1CCC1)c1ccccc1. The summed E-state index contributed by atoms with van der Waals surface area (Å²) >= 11 is 0. The van der Waals surface area contributed by atoms with Gasteiger partial charge in [0.05, 0.1) is 0 Å². The van der Waals surface area contributed by atoms with E-state index in [-0.39, 0.29) is 0 Å². The summed E-state index contributed by atoms with van der Waals surface area (Å²) in [4.78, 5) is 0. The minimum absolute atomic E-state index is 0.368. The van der Waals surface area contributed by atoms with Crippen LogP contribution in [0.3, 0.4) is 0 Å². The van der Waals surface area contributed by atoms with E-state index in [1.54, 1.807) is 0 Å². The molecule has 1 saturated carbocycles. The lowest BCUT2D eigenvalue weighted by molar-refractivity contribution is 0.258. The predicted molar refractivity (Wildman–Crippen MR) is 78.6 cm³/mol. The normalized spacial score (nSPS) is 18.4. The van der Waals surface area contributed by atoms with Gasteiger partial charge in [0.25, 0.3) is 0 Å². The number of benzene rings is 1. The molecule has 0 heterocycles. The van der Waals surface area contributed by atoms with Crippen molar-refractivity contribution < 1.29 is 0 Å². The highest BCUT2D eigenvalue weighted by Crippen LogP contribution is 2.31. The minimum atomic E-state index is 0.368. The molecule has 0 saturated heterocycles. The predicted octanol–water partition coefficient (Wildman–Crippen LogP) is 4.55. The third kappa shape index (κ3) is 4.13. The maximum atomic E-state index is 3.79. The van der Waals surface area contributed by atoms with Gasteiger partial charge in [0.2, 0.25) is 0 Å². The summed E-state index contributed by atoms with van der Waals surface area (Å²) in [7, 11) is 0. The number of hydrogen-bond donors (Lipinski definition) is 1. The van der Waals surface area contributed by atoms with Gasteiger partial charge in [0, 0.05) is 6.04 Å². The Morgan fingerprint density at radius 2 is 1.83 bits per heavy atom. The Morgan fingerprint density at radius 3 is 2.33 bits per heavy atom. The number of hydrogen-bond acceptors (Lipinski definition) is 1. The Kier molecular flexibility index (Phi) is 4.45. The van der Waals surface area contributed by atoms with Crippen LogP contribution in [0.15, 0.2) is 30.3 Å². The molecule has 1 aliphatic carbocycles. The van der Waals surface area contributed by atoms with Crippen molar-refractivity contribution in [1.29, 1.82) is 0 Å². The average Bonchev–Trinajstić information content (AvgIpc) is 2.25. The maximum absolute atomic E-state index is 3.79. The van der Waals surface area contributed by atoms with Gasteiger partial charge in [-0.25, -0.2) is 0 Å². The van der Waals surface area contributed by atoms with Gasteiger partial charge in [-0.3, -0.25) is 0 Å². The van der Waals surface area contributed by atoms with Crippen LogP contribution in [-0.2, 0) is 0 Å². The first-order valence-electron chi connectivity index (χ1n) is 7.33. The molecular weight excluding hydrogens is 218 g/mol.